The Labute approximate surface area is 476 Å². The van der Waals surface area contributed by atoms with E-state index in [1.165, 1.54) is 42.5 Å². The van der Waals surface area contributed by atoms with Crippen molar-refractivity contribution >= 4 is 43.6 Å². The summed E-state index contributed by atoms with van der Waals surface area (Å²) in [5.74, 6) is 0. The first kappa shape index (κ1) is 51.7. The highest BCUT2D eigenvalue weighted by atomic mass is 19.4. The molecule has 11 nitrogen and oxygen atoms in total. The van der Waals surface area contributed by atoms with Crippen LogP contribution in [0.25, 0.3) is 111 Å². The van der Waals surface area contributed by atoms with Gasteiger partial charge in [0.2, 0.25) is 0 Å². The lowest BCUT2D eigenvalue weighted by molar-refractivity contribution is -0.137. The van der Waals surface area contributed by atoms with E-state index in [9.17, 15) is 47.4 Å². The normalized spacial score (nSPS) is 10.9. The Morgan fingerprint density at radius 1 is 0.286 bits per heavy atom. The number of fused-ring (bicyclic) bond motifs is 6. The fourth-order valence-electron chi connectivity index (χ4n) is 11.3. The van der Waals surface area contributed by atoms with E-state index in [1.807, 2.05) is 24.3 Å². The van der Waals surface area contributed by atoms with Gasteiger partial charge in [-0.3, -0.25) is 0 Å². The van der Waals surface area contributed by atoms with Gasteiger partial charge in [-0.05, 0) is 165 Å². The molecule has 12 aromatic rings. The number of hydrogen-bond acceptors (Lipinski definition) is 9. The summed E-state index contributed by atoms with van der Waals surface area (Å²) in [5, 5.41) is 93.7. The monoisotopic (exact) mass is 1080 g/mol. The fraction of sp³-hybridized carbons (Fsp3) is 0.0143. The number of nitrogens with zero attached hydrogens (tertiary/aromatic N) is 11. The van der Waals surface area contributed by atoms with Gasteiger partial charge in [-0.1, -0.05) is 66.7 Å². The summed E-state index contributed by atoms with van der Waals surface area (Å²) in [5.41, 5.74) is 7.51. The van der Waals surface area contributed by atoms with Crippen molar-refractivity contribution in [3.05, 3.63) is 238 Å². The zero-order valence-corrected chi connectivity index (χ0v) is 43.4. The maximum atomic E-state index is 15.9. The quantitative estimate of drug-likeness (QED) is 0.148. The van der Waals surface area contributed by atoms with E-state index < -0.39 is 11.7 Å². The number of nitriles is 9. The van der Waals surface area contributed by atoms with Crippen LogP contribution in [0.3, 0.4) is 0 Å². The molecule has 0 unspecified atom stereocenters. The first-order valence-corrected chi connectivity index (χ1v) is 25.6. The molecule has 0 saturated carbocycles. The summed E-state index contributed by atoms with van der Waals surface area (Å²) in [6.45, 7) is 0. The average molecular weight is 1080 g/mol. The van der Waals surface area contributed by atoms with Crippen LogP contribution in [0, 0.1) is 102 Å². The van der Waals surface area contributed by atoms with E-state index in [2.05, 4.69) is 54.6 Å². The van der Waals surface area contributed by atoms with Crippen molar-refractivity contribution in [2.75, 3.05) is 0 Å². The van der Waals surface area contributed by atoms with Crippen molar-refractivity contribution in [2.24, 2.45) is 0 Å². The Morgan fingerprint density at radius 3 is 0.857 bits per heavy atom. The van der Waals surface area contributed by atoms with Gasteiger partial charge < -0.3 is 9.13 Å². The molecule has 0 aliphatic carbocycles. The van der Waals surface area contributed by atoms with Crippen LogP contribution in [0.15, 0.2) is 182 Å². The minimum atomic E-state index is -4.91. The van der Waals surface area contributed by atoms with E-state index in [0.717, 1.165) is 6.07 Å². The smallest absolute Gasteiger partial charge is 0.308 e. The van der Waals surface area contributed by atoms with Gasteiger partial charge in [-0.2, -0.15) is 60.5 Å². The third-order valence-electron chi connectivity index (χ3n) is 15.1. The molecule has 0 aliphatic heterocycles. The minimum absolute atomic E-state index is 0.0660. The van der Waals surface area contributed by atoms with Crippen LogP contribution in [-0.4, -0.2) is 9.13 Å². The average Bonchev–Trinajstić information content (AvgIpc) is 1.66. The Bertz CT molecular complexity index is 4760. The molecule has 0 saturated heterocycles. The van der Waals surface area contributed by atoms with Gasteiger partial charge in [0.05, 0.1) is 144 Å². The number of aromatic nitrogens is 2. The Balaban J connectivity index is 1.23. The second kappa shape index (κ2) is 20.3. The lowest BCUT2D eigenvalue weighted by atomic mass is 9.93. The molecule has 0 radical (unpaired) electrons. The molecule has 0 spiro atoms. The zero-order chi connectivity index (χ0) is 58.6. The summed E-state index contributed by atoms with van der Waals surface area (Å²) in [6, 6.07) is 68.3. The van der Waals surface area contributed by atoms with Crippen LogP contribution in [0.5, 0.6) is 0 Å². The Hall–Kier alpha value is -13.0. The second-order valence-electron chi connectivity index (χ2n) is 19.6. The van der Waals surface area contributed by atoms with E-state index in [0.29, 0.717) is 88.1 Å². The van der Waals surface area contributed by atoms with Crippen molar-refractivity contribution in [3.8, 4) is 122 Å². The molecule has 386 valence electrons. The Kier molecular flexibility index (Phi) is 12.5. The lowest BCUT2D eigenvalue weighted by Crippen LogP contribution is -2.11. The highest BCUT2D eigenvalue weighted by molar-refractivity contribution is 6.15. The molecule has 10 aromatic carbocycles. The predicted molar refractivity (Wildman–Crippen MR) is 310 cm³/mol. The summed E-state index contributed by atoms with van der Waals surface area (Å²) in [6.07, 6.45) is -4.91. The summed E-state index contributed by atoms with van der Waals surface area (Å²) >= 11 is 0. The van der Waals surface area contributed by atoms with Gasteiger partial charge in [0.1, 0.15) is 0 Å². The van der Waals surface area contributed by atoms with Crippen LogP contribution in [0.4, 0.5) is 13.2 Å². The summed E-state index contributed by atoms with van der Waals surface area (Å²) < 4.78 is 51.2. The predicted octanol–water partition coefficient (Wildman–Crippen LogP) is 16.1. The maximum absolute atomic E-state index is 15.9. The molecule has 0 fully saturated rings. The summed E-state index contributed by atoms with van der Waals surface area (Å²) in [7, 11) is 0. The molecule has 2 heterocycles. The third kappa shape index (κ3) is 8.48. The number of benzene rings is 10. The van der Waals surface area contributed by atoms with Crippen molar-refractivity contribution in [1.82, 2.24) is 9.13 Å². The van der Waals surface area contributed by atoms with Crippen molar-refractivity contribution in [2.45, 2.75) is 6.18 Å². The van der Waals surface area contributed by atoms with Crippen LogP contribution >= 0.6 is 0 Å². The molecular weight excluding hydrogens is 1050 g/mol. The topological polar surface area (TPSA) is 224 Å². The van der Waals surface area contributed by atoms with Crippen molar-refractivity contribution in [3.63, 3.8) is 0 Å². The van der Waals surface area contributed by atoms with Crippen LogP contribution in [0.2, 0.25) is 0 Å². The number of hydrogen-bond donors (Lipinski definition) is 0. The standard InChI is InChI=1S/C70H30F3N11/c71-70(72,73)62-4-2-1-3-57(62)69-67(83-63-17-9-45(53-13-5-40(31-74)21-49(53)36-79)27-58(63)59-28-46(10-18-64(59)83)54-14-6-41(32-75)22-50(54)37-80)25-44(35-78)26-68(69)84-65-19-11-47(55-15-7-42(33-76)23-51(55)38-81)29-60(65)61-30-48(12-20-66(61)84)56-16-8-43(34-77)24-52(56)39-82/h1-30H. The molecule has 0 amide bonds. The molecule has 0 N–H and O–H groups in total. The highest BCUT2D eigenvalue weighted by Crippen LogP contribution is 2.48. The molecule has 84 heavy (non-hydrogen) atoms. The highest BCUT2D eigenvalue weighted by Gasteiger charge is 2.36. The second-order valence-corrected chi connectivity index (χ2v) is 19.6. The molecule has 0 aliphatic rings. The fourth-order valence-corrected chi connectivity index (χ4v) is 11.3. The number of halogens is 3. The molecule has 0 bridgehead atoms. The zero-order valence-electron chi connectivity index (χ0n) is 43.4. The third-order valence-corrected chi connectivity index (χ3v) is 15.1. The van der Waals surface area contributed by atoms with Gasteiger partial charge in [-0.15, -0.1) is 0 Å². The van der Waals surface area contributed by atoms with Crippen molar-refractivity contribution < 1.29 is 13.2 Å². The van der Waals surface area contributed by atoms with Crippen molar-refractivity contribution in [1.29, 1.82) is 47.4 Å². The molecule has 12 rings (SSSR count). The van der Waals surface area contributed by atoms with Crippen LogP contribution < -0.4 is 0 Å². The number of alkyl halides is 3. The van der Waals surface area contributed by atoms with E-state index in [4.69, 9.17) is 0 Å². The molecular formula is C70H30F3N11. The molecule has 14 heteroatoms. The lowest BCUT2D eigenvalue weighted by Gasteiger charge is -2.23. The number of rotatable bonds is 7. The van der Waals surface area contributed by atoms with Gasteiger partial charge in [0.15, 0.2) is 0 Å². The van der Waals surface area contributed by atoms with E-state index in [1.54, 1.807) is 118 Å². The molecule has 0 atom stereocenters. The van der Waals surface area contributed by atoms with Gasteiger partial charge in [0, 0.05) is 27.1 Å². The van der Waals surface area contributed by atoms with Gasteiger partial charge in [-0.25, -0.2) is 0 Å². The SMILES string of the molecule is N#Cc1ccc(-c2ccc3c(c2)c2cc(-c4ccc(C#N)cc4C#N)ccc2n3-c2cc(C#N)cc(-n3c4ccc(-c5ccc(C#N)cc5C#N)cc4c4cc(-c5ccc(C#N)cc5C#N)ccc43)c2-c2ccccc2C(F)(F)F)c(C#N)c1. The van der Waals surface area contributed by atoms with Gasteiger partial charge >= 0.3 is 6.18 Å². The van der Waals surface area contributed by atoms with E-state index in [-0.39, 0.29) is 72.6 Å². The first-order valence-electron chi connectivity index (χ1n) is 25.6. The minimum Gasteiger partial charge on any atom is -0.308 e. The first-order chi connectivity index (χ1) is 40.8. The van der Waals surface area contributed by atoms with Crippen LogP contribution in [-0.2, 0) is 6.18 Å². The van der Waals surface area contributed by atoms with Gasteiger partial charge in [0.25, 0.3) is 0 Å². The Morgan fingerprint density at radius 2 is 0.583 bits per heavy atom. The largest absolute Gasteiger partial charge is 0.417 e. The molecule has 2 aromatic heterocycles. The summed E-state index contributed by atoms with van der Waals surface area (Å²) in [4.78, 5) is 0. The van der Waals surface area contributed by atoms with E-state index >= 15 is 13.2 Å². The van der Waals surface area contributed by atoms with Crippen LogP contribution in [0.1, 0.15) is 55.6 Å². The maximum Gasteiger partial charge on any atom is 0.417 e.